The number of methoxy groups -OCH3 is 1. The van der Waals surface area contributed by atoms with E-state index in [0.717, 1.165) is 28.2 Å². The third-order valence-corrected chi connectivity index (χ3v) is 3.49. The van der Waals surface area contributed by atoms with Crippen LogP contribution in [0.15, 0.2) is 36.4 Å². The van der Waals surface area contributed by atoms with Crippen LogP contribution in [0, 0.1) is 0 Å². The number of fused-ring (bicyclic) bond motifs is 1. The average Bonchev–Trinajstić information content (AvgIpc) is 2.81. The summed E-state index contributed by atoms with van der Waals surface area (Å²) in [5, 5.41) is 6.15. The van der Waals surface area contributed by atoms with Gasteiger partial charge < -0.3 is 21.1 Å². The van der Waals surface area contributed by atoms with Gasteiger partial charge in [-0.3, -0.25) is 4.79 Å². The number of carbonyl (C=O) groups is 1. The number of amides is 1. The maximum atomic E-state index is 11.4. The number of hydrogen-bond acceptors (Lipinski definition) is 4. The Morgan fingerprint density at radius 3 is 2.90 bits per heavy atom. The third-order valence-electron chi connectivity index (χ3n) is 3.49. The van der Waals surface area contributed by atoms with Gasteiger partial charge in [-0.05, 0) is 23.8 Å². The quantitative estimate of drug-likeness (QED) is 0.754. The van der Waals surface area contributed by atoms with Crippen LogP contribution < -0.4 is 16.4 Å². The molecule has 5 nitrogen and oxygen atoms in total. The largest absolute Gasteiger partial charge is 0.397 e. The lowest BCUT2D eigenvalue weighted by atomic mass is 10.1. The van der Waals surface area contributed by atoms with E-state index in [0.29, 0.717) is 18.7 Å². The summed E-state index contributed by atoms with van der Waals surface area (Å²) in [6.45, 7) is 0.519. The van der Waals surface area contributed by atoms with Gasteiger partial charge in [0.2, 0.25) is 5.91 Å². The monoisotopic (exact) mass is 283 g/mol. The molecule has 0 spiro atoms. The zero-order valence-electron chi connectivity index (χ0n) is 11.8. The highest BCUT2D eigenvalue weighted by Crippen LogP contribution is 2.33. The third kappa shape index (κ3) is 2.68. The topological polar surface area (TPSA) is 76.4 Å². The van der Waals surface area contributed by atoms with E-state index in [1.165, 1.54) is 0 Å². The van der Waals surface area contributed by atoms with Gasteiger partial charge in [-0.25, -0.2) is 0 Å². The molecular formula is C16H17N3O2. The van der Waals surface area contributed by atoms with Gasteiger partial charge in [0.15, 0.2) is 0 Å². The summed E-state index contributed by atoms with van der Waals surface area (Å²) in [7, 11) is 1.66. The molecule has 2 aromatic rings. The molecule has 3 rings (SSSR count). The van der Waals surface area contributed by atoms with E-state index in [1.54, 1.807) is 7.11 Å². The first-order valence-corrected chi connectivity index (χ1v) is 6.73. The Balaban J connectivity index is 1.92. The number of hydrogen-bond donors (Lipinski definition) is 3. The lowest BCUT2D eigenvalue weighted by molar-refractivity contribution is -0.115. The zero-order chi connectivity index (χ0) is 14.8. The van der Waals surface area contributed by atoms with E-state index in [2.05, 4.69) is 10.6 Å². The van der Waals surface area contributed by atoms with Gasteiger partial charge >= 0.3 is 0 Å². The van der Waals surface area contributed by atoms with Crippen LogP contribution in [-0.4, -0.2) is 13.0 Å². The first-order chi connectivity index (χ1) is 10.2. The number of nitrogen functional groups attached to an aromatic ring is 1. The summed E-state index contributed by atoms with van der Waals surface area (Å²) in [6.07, 6.45) is 0.389. The Morgan fingerprint density at radius 1 is 1.29 bits per heavy atom. The van der Waals surface area contributed by atoms with E-state index < -0.39 is 0 Å². The Labute approximate surface area is 123 Å². The SMILES string of the molecule is COCc1ccccc1Nc1cc2c(cc1N)CC(=O)N2. The van der Waals surface area contributed by atoms with Crippen molar-refractivity contribution >= 4 is 28.7 Å². The van der Waals surface area contributed by atoms with Crippen molar-refractivity contribution in [3.8, 4) is 0 Å². The minimum Gasteiger partial charge on any atom is -0.397 e. The van der Waals surface area contributed by atoms with Crippen molar-refractivity contribution in [3.63, 3.8) is 0 Å². The molecule has 0 fully saturated rings. The average molecular weight is 283 g/mol. The second-order valence-corrected chi connectivity index (χ2v) is 5.04. The van der Waals surface area contributed by atoms with E-state index in [9.17, 15) is 4.79 Å². The van der Waals surface area contributed by atoms with E-state index >= 15 is 0 Å². The minimum absolute atomic E-state index is 0.00123. The maximum Gasteiger partial charge on any atom is 0.228 e. The fourth-order valence-corrected chi connectivity index (χ4v) is 2.47. The molecule has 0 atom stereocenters. The van der Waals surface area contributed by atoms with Crippen LogP contribution in [0.25, 0.3) is 0 Å². The summed E-state index contributed by atoms with van der Waals surface area (Å²) < 4.78 is 5.20. The molecule has 1 amide bonds. The van der Waals surface area contributed by atoms with Gasteiger partial charge in [-0.2, -0.15) is 0 Å². The van der Waals surface area contributed by atoms with Crippen LogP contribution in [0.2, 0.25) is 0 Å². The molecule has 1 aliphatic heterocycles. The number of nitrogens with one attached hydrogen (secondary N) is 2. The van der Waals surface area contributed by atoms with E-state index in [4.69, 9.17) is 10.5 Å². The molecule has 108 valence electrons. The van der Waals surface area contributed by atoms with Gasteiger partial charge in [0, 0.05) is 24.0 Å². The first-order valence-electron chi connectivity index (χ1n) is 6.73. The summed E-state index contributed by atoms with van der Waals surface area (Å²) >= 11 is 0. The number of benzene rings is 2. The Kier molecular flexibility index (Phi) is 3.50. The van der Waals surface area contributed by atoms with Crippen molar-refractivity contribution in [3.05, 3.63) is 47.5 Å². The van der Waals surface area contributed by atoms with Crippen molar-refractivity contribution < 1.29 is 9.53 Å². The van der Waals surface area contributed by atoms with Gasteiger partial charge in [-0.1, -0.05) is 18.2 Å². The lowest BCUT2D eigenvalue weighted by Crippen LogP contribution is -2.04. The molecule has 0 aromatic heterocycles. The van der Waals surface area contributed by atoms with Crippen molar-refractivity contribution in [2.45, 2.75) is 13.0 Å². The van der Waals surface area contributed by atoms with Crippen LogP contribution in [0.3, 0.4) is 0 Å². The number of carbonyl (C=O) groups excluding carboxylic acids is 1. The standard InChI is InChI=1S/C16H17N3O2/c1-21-9-10-4-2-3-5-13(10)18-15-8-14-11(6-12(15)17)7-16(20)19-14/h2-6,8,18H,7,9,17H2,1H3,(H,19,20). The number of anilines is 4. The van der Waals surface area contributed by atoms with Crippen molar-refractivity contribution in [2.24, 2.45) is 0 Å². The molecular weight excluding hydrogens is 266 g/mol. The highest BCUT2D eigenvalue weighted by atomic mass is 16.5. The maximum absolute atomic E-state index is 11.4. The fourth-order valence-electron chi connectivity index (χ4n) is 2.47. The predicted molar refractivity (Wildman–Crippen MR) is 83.6 cm³/mol. The molecule has 4 N–H and O–H groups in total. The van der Waals surface area contributed by atoms with Crippen LogP contribution in [0.1, 0.15) is 11.1 Å². The number of ether oxygens (including phenoxy) is 1. The number of nitrogens with two attached hydrogens (primary N) is 1. The molecule has 0 bridgehead atoms. The Morgan fingerprint density at radius 2 is 2.10 bits per heavy atom. The molecule has 0 radical (unpaired) electrons. The Hall–Kier alpha value is -2.53. The summed E-state index contributed by atoms with van der Waals surface area (Å²) in [4.78, 5) is 11.4. The molecule has 0 aliphatic carbocycles. The highest BCUT2D eigenvalue weighted by molar-refractivity contribution is 6.01. The van der Waals surface area contributed by atoms with Gasteiger partial charge in [0.05, 0.1) is 24.4 Å². The first kappa shape index (κ1) is 13.5. The molecule has 1 aliphatic rings. The molecule has 0 saturated carbocycles. The lowest BCUT2D eigenvalue weighted by Gasteiger charge is -2.14. The van der Waals surface area contributed by atoms with Crippen LogP contribution in [-0.2, 0) is 22.6 Å². The smallest absolute Gasteiger partial charge is 0.228 e. The van der Waals surface area contributed by atoms with Crippen molar-refractivity contribution in [1.29, 1.82) is 0 Å². The van der Waals surface area contributed by atoms with Gasteiger partial charge in [0.1, 0.15) is 0 Å². The van der Waals surface area contributed by atoms with Crippen molar-refractivity contribution in [1.82, 2.24) is 0 Å². The van der Waals surface area contributed by atoms with Crippen molar-refractivity contribution in [2.75, 3.05) is 23.5 Å². The van der Waals surface area contributed by atoms with E-state index in [1.807, 2.05) is 36.4 Å². The zero-order valence-corrected chi connectivity index (χ0v) is 11.8. The number of rotatable bonds is 4. The molecule has 5 heteroatoms. The van der Waals surface area contributed by atoms with Gasteiger partial charge in [-0.15, -0.1) is 0 Å². The van der Waals surface area contributed by atoms with Crippen LogP contribution in [0.4, 0.5) is 22.7 Å². The second-order valence-electron chi connectivity index (χ2n) is 5.04. The summed E-state index contributed by atoms with van der Waals surface area (Å²) in [5.41, 5.74) is 11.2. The minimum atomic E-state index is 0.00123. The molecule has 1 heterocycles. The van der Waals surface area contributed by atoms with E-state index in [-0.39, 0.29) is 5.91 Å². The highest BCUT2D eigenvalue weighted by Gasteiger charge is 2.19. The van der Waals surface area contributed by atoms with Gasteiger partial charge in [0.25, 0.3) is 0 Å². The predicted octanol–water partition coefficient (Wildman–Crippen LogP) is 2.65. The molecule has 0 saturated heterocycles. The molecule has 2 aromatic carbocycles. The molecule has 0 unspecified atom stereocenters. The van der Waals surface area contributed by atoms with Crippen LogP contribution in [0.5, 0.6) is 0 Å². The fraction of sp³-hybridized carbons (Fsp3) is 0.188. The summed E-state index contributed by atoms with van der Waals surface area (Å²) in [6, 6.07) is 11.6. The summed E-state index contributed by atoms with van der Waals surface area (Å²) in [5.74, 6) is 0.00123. The second kappa shape index (κ2) is 5.46. The normalized spacial score (nSPS) is 12.9. The number of para-hydroxylation sites is 1. The van der Waals surface area contributed by atoms with Crippen LogP contribution >= 0.6 is 0 Å². The Bertz CT molecular complexity index is 698. The molecule has 21 heavy (non-hydrogen) atoms.